The van der Waals surface area contributed by atoms with E-state index in [1.807, 2.05) is 6.07 Å². The van der Waals surface area contributed by atoms with Gasteiger partial charge in [-0.3, -0.25) is 25.1 Å². The number of nitrogens with one attached hydrogen (secondary N) is 1. The maximum Gasteiger partial charge on any atom is 0.282 e. The molecule has 2 amide bonds. The molecule has 0 radical (unpaired) electrons. The summed E-state index contributed by atoms with van der Waals surface area (Å²) >= 11 is 0. The van der Waals surface area contributed by atoms with Gasteiger partial charge < -0.3 is 4.57 Å². The molecule has 1 N–H and O–H groups in total. The minimum absolute atomic E-state index is 0.00529. The normalized spacial score (nSPS) is 15.1. The van der Waals surface area contributed by atoms with Gasteiger partial charge in [0.1, 0.15) is 5.57 Å². The summed E-state index contributed by atoms with van der Waals surface area (Å²) in [4.78, 5) is 35.4. The molecule has 1 saturated heterocycles. The third-order valence-electron chi connectivity index (χ3n) is 4.32. The van der Waals surface area contributed by atoms with Crippen molar-refractivity contribution >= 4 is 29.3 Å². The van der Waals surface area contributed by atoms with E-state index in [1.54, 1.807) is 59.3 Å². The van der Waals surface area contributed by atoms with Crippen molar-refractivity contribution in [2.24, 2.45) is 0 Å². The number of aromatic nitrogens is 1. The fraction of sp³-hybridized carbons (Fsp3) is 0. The van der Waals surface area contributed by atoms with Gasteiger partial charge in [-0.1, -0.05) is 18.2 Å². The molecule has 0 atom stereocenters. The molecule has 138 valence electrons. The van der Waals surface area contributed by atoms with Gasteiger partial charge in [-0.15, -0.1) is 0 Å². The Kier molecular flexibility index (Phi) is 4.21. The Morgan fingerprint density at radius 3 is 2.29 bits per heavy atom. The van der Waals surface area contributed by atoms with Crippen LogP contribution < -0.4 is 10.4 Å². The Morgan fingerprint density at radius 1 is 0.893 bits per heavy atom. The highest BCUT2D eigenvalue weighted by Gasteiger charge is 2.34. The molecule has 0 bridgehead atoms. The zero-order valence-electron chi connectivity index (χ0n) is 14.5. The van der Waals surface area contributed by atoms with E-state index >= 15 is 0 Å². The summed E-state index contributed by atoms with van der Waals surface area (Å²) in [5, 5.41) is 12.0. The molecule has 0 unspecified atom stereocenters. The Labute approximate surface area is 159 Å². The van der Waals surface area contributed by atoms with Gasteiger partial charge in [0, 0.05) is 29.7 Å². The standard InChI is InChI=1S/C20H14N4O4/c25-19-18(20(26)23(21-19)15-5-2-1-3-6-15)13-17-7-4-12-22(17)14-8-10-16(11-9-14)24(27)28/h1-13H,(H,21,25). The highest BCUT2D eigenvalue weighted by Crippen LogP contribution is 2.23. The lowest BCUT2D eigenvalue weighted by Gasteiger charge is -2.13. The summed E-state index contributed by atoms with van der Waals surface area (Å²) in [6.07, 6.45) is 3.25. The lowest BCUT2D eigenvalue weighted by atomic mass is 10.2. The van der Waals surface area contributed by atoms with Crippen molar-refractivity contribution in [1.82, 2.24) is 9.99 Å². The number of amides is 2. The van der Waals surface area contributed by atoms with Gasteiger partial charge in [0.15, 0.2) is 0 Å². The van der Waals surface area contributed by atoms with Crippen LogP contribution >= 0.6 is 0 Å². The summed E-state index contributed by atoms with van der Waals surface area (Å²) in [7, 11) is 0. The molecule has 4 rings (SSSR count). The number of hydrazine groups is 1. The first-order valence-corrected chi connectivity index (χ1v) is 8.39. The molecule has 0 spiro atoms. The van der Waals surface area contributed by atoms with Crippen LogP contribution in [0.1, 0.15) is 5.69 Å². The number of rotatable bonds is 4. The highest BCUT2D eigenvalue weighted by molar-refractivity contribution is 6.31. The first-order chi connectivity index (χ1) is 13.5. The SMILES string of the molecule is O=C1NN(c2ccccc2)C(=O)C1=Cc1cccn1-c1ccc([N+](=O)[O-])cc1. The third kappa shape index (κ3) is 3.03. The van der Waals surface area contributed by atoms with E-state index in [-0.39, 0.29) is 11.3 Å². The van der Waals surface area contributed by atoms with Gasteiger partial charge in [0.05, 0.1) is 10.6 Å². The molecule has 0 aliphatic carbocycles. The van der Waals surface area contributed by atoms with Crippen molar-refractivity contribution in [3.8, 4) is 5.69 Å². The molecule has 3 aromatic rings. The van der Waals surface area contributed by atoms with Crippen LogP contribution in [-0.2, 0) is 9.59 Å². The number of hydrogen-bond donors (Lipinski definition) is 1. The second kappa shape index (κ2) is 6.84. The monoisotopic (exact) mass is 374 g/mol. The molecule has 0 saturated carbocycles. The maximum absolute atomic E-state index is 12.7. The largest absolute Gasteiger partial charge is 0.317 e. The molecule has 8 nitrogen and oxygen atoms in total. The number of anilines is 1. The number of para-hydroxylation sites is 1. The van der Waals surface area contributed by atoms with Gasteiger partial charge in [-0.2, -0.15) is 0 Å². The van der Waals surface area contributed by atoms with Crippen LogP contribution in [0.4, 0.5) is 11.4 Å². The zero-order chi connectivity index (χ0) is 19.7. The van der Waals surface area contributed by atoms with Crippen LogP contribution in [0.15, 0.2) is 78.5 Å². The van der Waals surface area contributed by atoms with Crippen molar-refractivity contribution in [3.05, 3.63) is 94.3 Å². The van der Waals surface area contributed by atoms with Crippen molar-refractivity contribution in [2.45, 2.75) is 0 Å². The van der Waals surface area contributed by atoms with E-state index in [4.69, 9.17) is 0 Å². The Balaban J connectivity index is 1.67. The van der Waals surface area contributed by atoms with Gasteiger partial charge in [-0.25, -0.2) is 5.01 Å². The fourth-order valence-corrected chi connectivity index (χ4v) is 2.95. The molecule has 1 aliphatic rings. The predicted octanol–water partition coefficient (Wildman–Crippen LogP) is 2.85. The summed E-state index contributed by atoms with van der Waals surface area (Å²) in [6, 6.07) is 18.3. The highest BCUT2D eigenvalue weighted by atomic mass is 16.6. The first kappa shape index (κ1) is 17.2. The zero-order valence-corrected chi connectivity index (χ0v) is 14.5. The number of carbonyl (C=O) groups is 2. The second-order valence-electron chi connectivity index (χ2n) is 6.05. The molecular formula is C20H14N4O4. The topological polar surface area (TPSA) is 97.5 Å². The summed E-state index contributed by atoms with van der Waals surface area (Å²) in [6.45, 7) is 0. The van der Waals surface area contributed by atoms with E-state index in [0.717, 1.165) is 0 Å². The van der Waals surface area contributed by atoms with E-state index < -0.39 is 16.7 Å². The summed E-state index contributed by atoms with van der Waals surface area (Å²) in [5.41, 5.74) is 4.38. The van der Waals surface area contributed by atoms with E-state index in [9.17, 15) is 19.7 Å². The number of carbonyl (C=O) groups excluding carboxylic acids is 2. The minimum atomic E-state index is -0.495. The van der Waals surface area contributed by atoms with Crippen LogP contribution in [0.5, 0.6) is 0 Å². The van der Waals surface area contributed by atoms with Crippen LogP contribution in [0.2, 0.25) is 0 Å². The fourth-order valence-electron chi connectivity index (χ4n) is 2.95. The molecular weight excluding hydrogens is 360 g/mol. The number of benzene rings is 2. The molecule has 1 aromatic heterocycles. The second-order valence-corrected chi connectivity index (χ2v) is 6.05. The average molecular weight is 374 g/mol. The molecule has 1 aliphatic heterocycles. The van der Waals surface area contributed by atoms with E-state index in [2.05, 4.69) is 5.43 Å². The maximum atomic E-state index is 12.7. The molecule has 2 heterocycles. The third-order valence-corrected chi connectivity index (χ3v) is 4.32. The number of non-ortho nitro benzene ring substituents is 1. The van der Waals surface area contributed by atoms with Crippen molar-refractivity contribution in [1.29, 1.82) is 0 Å². The summed E-state index contributed by atoms with van der Waals surface area (Å²) < 4.78 is 1.74. The van der Waals surface area contributed by atoms with E-state index in [1.165, 1.54) is 23.2 Å². The average Bonchev–Trinajstić information content (AvgIpc) is 3.29. The predicted molar refractivity (Wildman–Crippen MR) is 102 cm³/mol. The van der Waals surface area contributed by atoms with Crippen LogP contribution in [-0.4, -0.2) is 21.3 Å². The van der Waals surface area contributed by atoms with Crippen LogP contribution in [0.3, 0.4) is 0 Å². The van der Waals surface area contributed by atoms with Gasteiger partial charge >= 0.3 is 0 Å². The molecule has 8 heteroatoms. The first-order valence-electron chi connectivity index (χ1n) is 8.39. The number of hydrogen-bond acceptors (Lipinski definition) is 4. The van der Waals surface area contributed by atoms with Crippen LogP contribution in [0, 0.1) is 10.1 Å². The Bertz CT molecular complexity index is 1100. The van der Waals surface area contributed by atoms with Crippen molar-refractivity contribution in [3.63, 3.8) is 0 Å². The van der Waals surface area contributed by atoms with Crippen LogP contribution in [0.25, 0.3) is 11.8 Å². The lowest BCUT2D eigenvalue weighted by Crippen LogP contribution is -2.35. The smallest absolute Gasteiger partial charge is 0.282 e. The van der Waals surface area contributed by atoms with E-state index in [0.29, 0.717) is 17.1 Å². The Hall–Kier alpha value is -4.20. The molecule has 28 heavy (non-hydrogen) atoms. The van der Waals surface area contributed by atoms with Gasteiger partial charge in [-0.05, 0) is 42.5 Å². The summed E-state index contributed by atoms with van der Waals surface area (Å²) in [5.74, 6) is -0.946. The lowest BCUT2D eigenvalue weighted by molar-refractivity contribution is -0.384. The van der Waals surface area contributed by atoms with Gasteiger partial charge in [0.2, 0.25) is 0 Å². The molecule has 1 fully saturated rings. The minimum Gasteiger partial charge on any atom is -0.317 e. The van der Waals surface area contributed by atoms with Crippen molar-refractivity contribution in [2.75, 3.05) is 5.01 Å². The number of nitro groups is 1. The Morgan fingerprint density at radius 2 is 1.61 bits per heavy atom. The number of nitro benzene ring substituents is 1. The molecule has 2 aromatic carbocycles. The van der Waals surface area contributed by atoms with Crippen molar-refractivity contribution < 1.29 is 14.5 Å². The quantitative estimate of drug-likeness (QED) is 0.329. The van der Waals surface area contributed by atoms with Gasteiger partial charge in [0.25, 0.3) is 17.5 Å². The number of nitrogens with zero attached hydrogens (tertiary/aromatic N) is 3.